The lowest BCUT2D eigenvalue weighted by atomic mass is 9.87. The maximum atomic E-state index is 13.0. The second-order valence-corrected chi connectivity index (χ2v) is 6.47. The standard InChI is InChI=1S/C17H19N3O3/c1-12-18-15(23-19-12)13-4-2-3-5-14(13)16(21)20-8-6-17(10-20)7-9-22-11-17/h2-5H,6-11H2,1H3. The molecule has 2 fully saturated rings. The monoisotopic (exact) mass is 313 g/mol. The van der Waals surface area contributed by atoms with E-state index in [1.807, 2.05) is 29.2 Å². The van der Waals surface area contributed by atoms with Gasteiger partial charge in [-0.3, -0.25) is 4.79 Å². The van der Waals surface area contributed by atoms with Crippen LogP contribution in [0.1, 0.15) is 29.0 Å². The van der Waals surface area contributed by atoms with Gasteiger partial charge in [-0.25, -0.2) is 0 Å². The number of amides is 1. The molecule has 1 unspecified atom stereocenters. The van der Waals surface area contributed by atoms with E-state index in [1.54, 1.807) is 6.92 Å². The van der Waals surface area contributed by atoms with Gasteiger partial charge in [0.15, 0.2) is 5.82 Å². The van der Waals surface area contributed by atoms with E-state index in [-0.39, 0.29) is 11.3 Å². The Morgan fingerprint density at radius 1 is 1.30 bits per heavy atom. The lowest BCUT2D eigenvalue weighted by molar-refractivity contribution is 0.0766. The highest BCUT2D eigenvalue weighted by molar-refractivity contribution is 6.00. The highest BCUT2D eigenvalue weighted by atomic mass is 16.5. The lowest BCUT2D eigenvalue weighted by Crippen LogP contribution is -2.32. The minimum atomic E-state index is 0.0280. The first-order valence-electron chi connectivity index (χ1n) is 7.94. The summed E-state index contributed by atoms with van der Waals surface area (Å²) in [5.41, 5.74) is 1.47. The van der Waals surface area contributed by atoms with Gasteiger partial charge in [-0.2, -0.15) is 4.98 Å². The Morgan fingerprint density at radius 2 is 2.17 bits per heavy atom. The summed E-state index contributed by atoms with van der Waals surface area (Å²) in [5, 5.41) is 3.82. The summed E-state index contributed by atoms with van der Waals surface area (Å²) in [4.78, 5) is 19.2. The van der Waals surface area contributed by atoms with Crippen molar-refractivity contribution in [2.24, 2.45) is 5.41 Å². The van der Waals surface area contributed by atoms with Crippen LogP contribution in [0.2, 0.25) is 0 Å². The van der Waals surface area contributed by atoms with Crippen molar-refractivity contribution in [1.29, 1.82) is 0 Å². The third kappa shape index (κ3) is 2.53. The average molecular weight is 313 g/mol. The molecule has 0 N–H and O–H groups in total. The average Bonchev–Trinajstić information content (AvgIpc) is 3.30. The van der Waals surface area contributed by atoms with Crippen molar-refractivity contribution in [3.8, 4) is 11.5 Å². The number of rotatable bonds is 2. The van der Waals surface area contributed by atoms with E-state index in [4.69, 9.17) is 9.26 Å². The van der Waals surface area contributed by atoms with Gasteiger partial charge in [0.1, 0.15) is 0 Å². The summed E-state index contributed by atoms with van der Waals surface area (Å²) in [6.45, 7) is 4.88. The Hall–Kier alpha value is -2.21. The summed E-state index contributed by atoms with van der Waals surface area (Å²) in [6, 6.07) is 7.42. The fourth-order valence-electron chi connectivity index (χ4n) is 3.51. The van der Waals surface area contributed by atoms with Crippen molar-refractivity contribution in [2.75, 3.05) is 26.3 Å². The topological polar surface area (TPSA) is 68.5 Å². The number of aryl methyl sites for hydroxylation is 1. The molecule has 2 aliphatic heterocycles. The van der Waals surface area contributed by atoms with E-state index >= 15 is 0 Å². The number of nitrogens with zero attached hydrogens (tertiary/aromatic N) is 3. The molecule has 23 heavy (non-hydrogen) atoms. The lowest BCUT2D eigenvalue weighted by Gasteiger charge is -2.22. The molecule has 2 saturated heterocycles. The van der Waals surface area contributed by atoms with Crippen molar-refractivity contribution in [3.63, 3.8) is 0 Å². The molecule has 0 bridgehead atoms. The number of benzene rings is 1. The normalized spacial score (nSPS) is 23.8. The van der Waals surface area contributed by atoms with Gasteiger partial charge in [0.05, 0.1) is 17.7 Å². The predicted octanol–water partition coefficient (Wildman–Crippen LogP) is 2.30. The molecule has 0 aliphatic carbocycles. The molecule has 6 nitrogen and oxygen atoms in total. The smallest absolute Gasteiger partial charge is 0.258 e. The van der Waals surface area contributed by atoms with Crippen molar-refractivity contribution >= 4 is 5.91 Å². The molecular formula is C17H19N3O3. The van der Waals surface area contributed by atoms with Crippen LogP contribution in [0.4, 0.5) is 0 Å². The van der Waals surface area contributed by atoms with Crippen LogP contribution in [0.15, 0.2) is 28.8 Å². The Labute approximate surface area is 134 Å². The van der Waals surface area contributed by atoms with Gasteiger partial charge in [0, 0.05) is 25.1 Å². The number of hydrogen-bond donors (Lipinski definition) is 0. The fourth-order valence-corrected chi connectivity index (χ4v) is 3.51. The second kappa shape index (κ2) is 5.45. The summed E-state index contributed by atoms with van der Waals surface area (Å²) in [7, 11) is 0. The summed E-state index contributed by atoms with van der Waals surface area (Å²) >= 11 is 0. The van der Waals surface area contributed by atoms with Crippen LogP contribution >= 0.6 is 0 Å². The van der Waals surface area contributed by atoms with Gasteiger partial charge >= 0.3 is 0 Å². The highest BCUT2D eigenvalue weighted by Gasteiger charge is 2.43. The fraction of sp³-hybridized carbons (Fsp3) is 0.471. The van der Waals surface area contributed by atoms with Crippen LogP contribution < -0.4 is 0 Å². The zero-order chi connectivity index (χ0) is 15.9. The maximum Gasteiger partial charge on any atom is 0.258 e. The van der Waals surface area contributed by atoms with E-state index in [9.17, 15) is 4.79 Å². The number of aromatic nitrogens is 2. The first-order chi connectivity index (χ1) is 11.2. The number of likely N-dealkylation sites (tertiary alicyclic amines) is 1. The van der Waals surface area contributed by atoms with Crippen LogP contribution in [-0.4, -0.2) is 47.3 Å². The maximum absolute atomic E-state index is 13.0. The summed E-state index contributed by atoms with van der Waals surface area (Å²) < 4.78 is 10.8. The summed E-state index contributed by atoms with van der Waals surface area (Å²) in [5.74, 6) is 0.982. The van der Waals surface area contributed by atoms with E-state index in [1.165, 1.54) is 0 Å². The quantitative estimate of drug-likeness (QED) is 0.851. The summed E-state index contributed by atoms with van der Waals surface area (Å²) in [6.07, 6.45) is 2.06. The largest absolute Gasteiger partial charge is 0.381 e. The second-order valence-electron chi connectivity index (χ2n) is 6.47. The SMILES string of the molecule is Cc1noc(-c2ccccc2C(=O)N2CCC3(CCOC3)C2)n1. The van der Waals surface area contributed by atoms with Crippen LogP contribution in [0, 0.1) is 12.3 Å². The molecule has 1 aromatic heterocycles. The van der Waals surface area contributed by atoms with Gasteiger partial charge < -0.3 is 14.2 Å². The van der Waals surface area contributed by atoms with Gasteiger partial charge in [0.25, 0.3) is 11.8 Å². The van der Waals surface area contributed by atoms with Crippen molar-refractivity contribution in [1.82, 2.24) is 15.0 Å². The Kier molecular flexibility index (Phi) is 3.41. The van der Waals surface area contributed by atoms with Crippen molar-refractivity contribution < 1.29 is 14.1 Å². The first kappa shape index (κ1) is 14.4. The van der Waals surface area contributed by atoms with Crippen LogP contribution in [-0.2, 0) is 4.74 Å². The molecular weight excluding hydrogens is 294 g/mol. The molecule has 4 rings (SSSR count). The van der Waals surface area contributed by atoms with Crippen LogP contribution in [0.5, 0.6) is 0 Å². The van der Waals surface area contributed by atoms with Crippen LogP contribution in [0.25, 0.3) is 11.5 Å². The number of ether oxygens (including phenoxy) is 1. The molecule has 2 aromatic rings. The molecule has 120 valence electrons. The third-order valence-corrected chi connectivity index (χ3v) is 4.83. The molecule has 1 atom stereocenters. The van der Waals surface area contributed by atoms with Gasteiger partial charge in [-0.15, -0.1) is 0 Å². The molecule has 6 heteroatoms. The van der Waals surface area contributed by atoms with E-state index < -0.39 is 0 Å². The highest BCUT2D eigenvalue weighted by Crippen LogP contribution is 2.39. The van der Waals surface area contributed by atoms with Gasteiger partial charge in [-0.05, 0) is 31.9 Å². The molecule has 2 aliphatic rings. The predicted molar refractivity (Wildman–Crippen MR) is 82.9 cm³/mol. The van der Waals surface area contributed by atoms with E-state index in [0.29, 0.717) is 22.8 Å². The van der Waals surface area contributed by atoms with Crippen molar-refractivity contribution in [2.45, 2.75) is 19.8 Å². The molecule has 1 spiro atoms. The van der Waals surface area contributed by atoms with Crippen LogP contribution in [0.3, 0.4) is 0 Å². The number of hydrogen-bond acceptors (Lipinski definition) is 5. The Morgan fingerprint density at radius 3 is 2.91 bits per heavy atom. The minimum absolute atomic E-state index is 0.0280. The molecule has 3 heterocycles. The van der Waals surface area contributed by atoms with Gasteiger partial charge in [-0.1, -0.05) is 17.3 Å². The minimum Gasteiger partial charge on any atom is -0.381 e. The zero-order valence-electron chi connectivity index (χ0n) is 13.1. The first-order valence-corrected chi connectivity index (χ1v) is 7.94. The number of carbonyl (C=O) groups excluding carboxylic acids is 1. The number of carbonyl (C=O) groups is 1. The van der Waals surface area contributed by atoms with Gasteiger partial charge in [0.2, 0.25) is 0 Å². The molecule has 0 saturated carbocycles. The molecule has 0 radical (unpaired) electrons. The Balaban J connectivity index is 1.62. The zero-order valence-corrected chi connectivity index (χ0v) is 13.1. The van der Waals surface area contributed by atoms with E-state index in [2.05, 4.69) is 10.1 Å². The van der Waals surface area contributed by atoms with Crippen molar-refractivity contribution in [3.05, 3.63) is 35.7 Å². The Bertz CT molecular complexity index is 734. The third-order valence-electron chi connectivity index (χ3n) is 4.83. The molecule has 1 amide bonds. The van der Waals surface area contributed by atoms with E-state index in [0.717, 1.165) is 39.1 Å². The molecule has 1 aromatic carbocycles.